The van der Waals surface area contributed by atoms with E-state index in [0.29, 0.717) is 32.6 Å². The third-order valence-corrected chi connectivity index (χ3v) is 7.95. The predicted molar refractivity (Wildman–Crippen MR) is 141 cm³/mol. The van der Waals surface area contributed by atoms with Crippen LogP contribution in [0.2, 0.25) is 5.02 Å². The van der Waals surface area contributed by atoms with E-state index in [4.69, 9.17) is 21.3 Å². The van der Waals surface area contributed by atoms with Crippen molar-refractivity contribution < 1.29 is 9.53 Å². The Morgan fingerprint density at radius 1 is 1.12 bits per heavy atom. The summed E-state index contributed by atoms with van der Waals surface area (Å²) in [6.07, 6.45) is 9.17. The molecule has 1 saturated carbocycles. The summed E-state index contributed by atoms with van der Waals surface area (Å²) >= 11 is 9.18. The number of thioether (sulfide) groups is 1. The third-order valence-electron chi connectivity index (χ3n) is 5.93. The zero-order valence-electron chi connectivity index (χ0n) is 18.5. The fourth-order valence-corrected chi connectivity index (χ4v) is 6.01. The number of nitrogens with zero attached hydrogens (tertiary/aromatic N) is 3. The van der Waals surface area contributed by atoms with Crippen LogP contribution in [0.15, 0.2) is 70.0 Å². The van der Waals surface area contributed by atoms with Crippen LogP contribution >= 0.6 is 34.7 Å². The van der Waals surface area contributed by atoms with Crippen molar-refractivity contribution in [3.63, 3.8) is 0 Å². The highest BCUT2D eigenvalue weighted by atomic mass is 35.5. The number of rotatable bonds is 6. The van der Waals surface area contributed by atoms with Crippen LogP contribution in [0.4, 0.5) is 5.13 Å². The molecule has 0 unspecified atom stereocenters. The number of halogens is 1. The number of para-hydroxylation sites is 1. The molecule has 1 aromatic heterocycles. The minimum atomic E-state index is 0.00751. The second-order valence-electron chi connectivity index (χ2n) is 8.20. The molecule has 0 spiro atoms. The van der Waals surface area contributed by atoms with Crippen molar-refractivity contribution in [3.8, 4) is 5.75 Å². The number of hydrogen-bond donors (Lipinski definition) is 0. The van der Waals surface area contributed by atoms with Gasteiger partial charge in [-0.25, -0.2) is 4.98 Å². The van der Waals surface area contributed by atoms with Crippen molar-refractivity contribution in [2.24, 2.45) is 4.99 Å². The summed E-state index contributed by atoms with van der Waals surface area (Å²) in [6.45, 7) is 0.353. The van der Waals surface area contributed by atoms with E-state index in [2.05, 4.69) is 4.98 Å². The van der Waals surface area contributed by atoms with Crippen molar-refractivity contribution >= 4 is 57.0 Å². The molecule has 1 amide bonds. The van der Waals surface area contributed by atoms with Crippen molar-refractivity contribution in [2.75, 3.05) is 0 Å². The number of carbonyl (C=O) groups excluding carboxylic acids is 1. The molecule has 2 aromatic carbocycles. The zero-order valence-corrected chi connectivity index (χ0v) is 20.9. The van der Waals surface area contributed by atoms with E-state index < -0.39 is 0 Å². The maximum absolute atomic E-state index is 13.6. The van der Waals surface area contributed by atoms with E-state index in [9.17, 15) is 4.79 Å². The smallest absolute Gasteiger partial charge is 0.267 e. The molecule has 3 aromatic rings. The second kappa shape index (κ2) is 10.8. The molecular weight excluding hydrogens is 486 g/mol. The van der Waals surface area contributed by atoms with Crippen LogP contribution in [0, 0.1) is 0 Å². The van der Waals surface area contributed by atoms with Crippen molar-refractivity contribution in [1.82, 2.24) is 9.88 Å². The molecule has 1 aliphatic heterocycles. The highest BCUT2D eigenvalue weighted by Crippen LogP contribution is 2.39. The van der Waals surface area contributed by atoms with Crippen LogP contribution in [-0.4, -0.2) is 27.0 Å². The Balaban J connectivity index is 1.43. The summed E-state index contributed by atoms with van der Waals surface area (Å²) in [7, 11) is 0. The molecule has 5 nitrogen and oxygen atoms in total. The summed E-state index contributed by atoms with van der Waals surface area (Å²) in [6, 6.07) is 15.6. The molecule has 2 fully saturated rings. The van der Waals surface area contributed by atoms with Gasteiger partial charge in [0.15, 0.2) is 5.17 Å². The quantitative estimate of drug-likeness (QED) is 0.327. The van der Waals surface area contributed by atoms with Gasteiger partial charge in [0.1, 0.15) is 12.4 Å². The van der Waals surface area contributed by atoms with Gasteiger partial charge in [-0.2, -0.15) is 4.99 Å². The molecule has 174 valence electrons. The number of benzene rings is 2. The third kappa shape index (κ3) is 5.22. The van der Waals surface area contributed by atoms with E-state index >= 15 is 0 Å². The van der Waals surface area contributed by atoms with Gasteiger partial charge >= 0.3 is 0 Å². The number of ether oxygens (including phenoxy) is 1. The molecule has 0 atom stereocenters. The van der Waals surface area contributed by atoms with Crippen LogP contribution in [0.3, 0.4) is 0 Å². The summed E-state index contributed by atoms with van der Waals surface area (Å²) in [5, 5.41) is 3.95. The van der Waals surface area contributed by atoms with Crippen molar-refractivity contribution in [2.45, 2.75) is 44.8 Å². The van der Waals surface area contributed by atoms with E-state index in [0.717, 1.165) is 36.8 Å². The minimum Gasteiger partial charge on any atom is -0.488 e. The predicted octanol–water partition coefficient (Wildman–Crippen LogP) is 7.31. The zero-order chi connectivity index (χ0) is 23.3. The molecule has 1 aliphatic carbocycles. The maximum Gasteiger partial charge on any atom is 0.267 e. The fraction of sp³-hybridized carbons (Fsp3) is 0.269. The number of carbonyl (C=O) groups is 1. The standard InChI is InChI=1S/C26H24ClN3O2S2/c27-21-12-6-4-9-19(21)17-32-22-13-7-5-8-18(22)16-23-24(31)30(20-10-2-1-3-11-20)26(34-23)29-25-28-14-15-33-25/h4-9,12-16,20H,1-3,10-11,17H2/b23-16-,29-26+. The SMILES string of the molecule is O=C1/C(=C/c2ccccc2OCc2ccccc2Cl)S/C(=N/c2nccs2)N1C1CCCCC1. The Morgan fingerprint density at radius 3 is 2.71 bits per heavy atom. The molecule has 0 N–H and O–H groups in total. The fourth-order valence-electron chi connectivity index (χ4n) is 4.22. The number of aliphatic imine (C=N–C) groups is 1. The van der Waals surface area contributed by atoms with Crippen molar-refractivity contribution in [1.29, 1.82) is 0 Å². The summed E-state index contributed by atoms with van der Waals surface area (Å²) < 4.78 is 6.10. The lowest BCUT2D eigenvalue weighted by molar-refractivity contribution is -0.124. The molecule has 8 heteroatoms. The molecule has 2 aliphatic rings. The molecular formula is C26H24ClN3O2S2. The Bertz CT molecular complexity index is 1220. The monoisotopic (exact) mass is 509 g/mol. The van der Waals surface area contributed by atoms with Gasteiger partial charge < -0.3 is 4.74 Å². The van der Waals surface area contributed by atoms with Gasteiger partial charge in [-0.3, -0.25) is 9.69 Å². The first-order valence-electron chi connectivity index (χ1n) is 11.4. The first-order valence-corrected chi connectivity index (χ1v) is 13.4. The number of amides is 1. The Labute approximate surface area is 212 Å². The molecule has 1 saturated heterocycles. The van der Waals surface area contributed by atoms with E-state index in [1.165, 1.54) is 29.5 Å². The highest BCUT2D eigenvalue weighted by Gasteiger charge is 2.39. The lowest BCUT2D eigenvalue weighted by Gasteiger charge is -2.30. The highest BCUT2D eigenvalue weighted by molar-refractivity contribution is 8.18. The summed E-state index contributed by atoms with van der Waals surface area (Å²) in [4.78, 5) is 25.1. The van der Waals surface area contributed by atoms with Gasteiger partial charge in [-0.05, 0) is 42.8 Å². The molecule has 5 rings (SSSR count). The van der Waals surface area contributed by atoms with Gasteiger partial charge in [0.05, 0.1) is 4.91 Å². The van der Waals surface area contributed by atoms with Gasteiger partial charge in [-0.1, -0.05) is 67.3 Å². The maximum atomic E-state index is 13.6. The van der Waals surface area contributed by atoms with Gasteiger partial charge in [0, 0.05) is 33.8 Å². The summed E-state index contributed by atoms with van der Waals surface area (Å²) in [5.41, 5.74) is 1.77. The van der Waals surface area contributed by atoms with Crippen LogP contribution < -0.4 is 4.74 Å². The molecule has 0 radical (unpaired) electrons. The first-order chi connectivity index (χ1) is 16.7. The Hall–Kier alpha value is -2.61. The normalized spacial score (nSPS) is 19.3. The van der Waals surface area contributed by atoms with Gasteiger partial charge in [0.25, 0.3) is 5.91 Å². The van der Waals surface area contributed by atoms with Crippen LogP contribution in [0.5, 0.6) is 5.75 Å². The van der Waals surface area contributed by atoms with Crippen LogP contribution in [0.1, 0.15) is 43.2 Å². The van der Waals surface area contributed by atoms with E-state index in [1.807, 2.05) is 64.9 Å². The van der Waals surface area contributed by atoms with Crippen LogP contribution in [0.25, 0.3) is 6.08 Å². The molecule has 0 bridgehead atoms. The molecule has 34 heavy (non-hydrogen) atoms. The summed E-state index contributed by atoms with van der Waals surface area (Å²) in [5.74, 6) is 0.714. The number of thiazole rings is 1. The minimum absolute atomic E-state index is 0.00751. The molecule has 2 heterocycles. The van der Waals surface area contributed by atoms with Crippen LogP contribution in [-0.2, 0) is 11.4 Å². The topological polar surface area (TPSA) is 54.8 Å². The Morgan fingerprint density at radius 2 is 1.91 bits per heavy atom. The number of hydrogen-bond acceptors (Lipinski definition) is 6. The average molecular weight is 510 g/mol. The lowest BCUT2D eigenvalue weighted by Crippen LogP contribution is -2.40. The first kappa shape index (κ1) is 23.1. The number of aromatic nitrogens is 1. The second-order valence-corrected chi connectivity index (χ2v) is 10.5. The Kier molecular flexibility index (Phi) is 7.33. The van der Waals surface area contributed by atoms with Gasteiger partial charge in [0.2, 0.25) is 5.13 Å². The van der Waals surface area contributed by atoms with Crippen molar-refractivity contribution in [3.05, 3.63) is 81.2 Å². The van der Waals surface area contributed by atoms with Gasteiger partial charge in [-0.15, -0.1) is 11.3 Å². The lowest BCUT2D eigenvalue weighted by atomic mass is 9.94. The largest absolute Gasteiger partial charge is 0.488 e. The van der Waals surface area contributed by atoms with E-state index in [-0.39, 0.29) is 11.9 Å². The van der Waals surface area contributed by atoms with E-state index in [1.54, 1.807) is 6.20 Å². The average Bonchev–Trinajstić information content (AvgIpc) is 3.48. The number of amidine groups is 1.